The zero-order chi connectivity index (χ0) is 42.3. The standard InChI is InChI=1S/C62H36Cl2/c63-40-30-31-45-49-33-39(37-15-3-1-4-16-37)29-32-54(49)61(56(45)35-40)53-27-12-9-21-47(53)58-46(23-14-28-55(58)61)50-34-41(64)36-57-59(50)48-24-13-22-42(38-17-5-2-6-18-38)60(48)62(57)51-25-10-7-19-43(51)44-20-8-11-26-52(44)62/h1-36H. The average molecular weight is 852 g/mol. The van der Waals surface area contributed by atoms with Crippen molar-refractivity contribution >= 4 is 23.2 Å². The second-order valence-electron chi connectivity index (χ2n) is 17.7. The molecule has 0 N–H and O–H groups in total. The predicted octanol–water partition coefficient (Wildman–Crippen LogP) is 16.7. The molecule has 298 valence electrons. The van der Waals surface area contributed by atoms with Gasteiger partial charge >= 0.3 is 0 Å². The lowest BCUT2D eigenvalue weighted by Gasteiger charge is -2.32. The van der Waals surface area contributed by atoms with Gasteiger partial charge in [0.2, 0.25) is 0 Å². The second-order valence-corrected chi connectivity index (χ2v) is 18.5. The summed E-state index contributed by atoms with van der Waals surface area (Å²) in [6, 6.07) is 80.6. The molecule has 1 unspecified atom stereocenters. The number of rotatable bonds is 3. The largest absolute Gasteiger partial charge is 0.0843 e. The van der Waals surface area contributed by atoms with Gasteiger partial charge in [0.15, 0.2) is 0 Å². The molecule has 0 nitrogen and oxygen atoms in total. The summed E-state index contributed by atoms with van der Waals surface area (Å²) >= 11 is 14.6. The lowest BCUT2D eigenvalue weighted by atomic mass is 9.68. The summed E-state index contributed by atoms with van der Waals surface area (Å²) in [7, 11) is 0. The van der Waals surface area contributed by atoms with Crippen LogP contribution in [0.4, 0.5) is 0 Å². The van der Waals surface area contributed by atoms with E-state index < -0.39 is 10.8 Å². The van der Waals surface area contributed by atoms with Crippen LogP contribution in [0.5, 0.6) is 0 Å². The van der Waals surface area contributed by atoms with Crippen molar-refractivity contribution in [1.29, 1.82) is 0 Å². The van der Waals surface area contributed by atoms with Crippen molar-refractivity contribution in [3.63, 3.8) is 0 Å². The van der Waals surface area contributed by atoms with Gasteiger partial charge < -0.3 is 0 Å². The van der Waals surface area contributed by atoms with Gasteiger partial charge in [0.1, 0.15) is 0 Å². The maximum Gasteiger partial charge on any atom is 0.0732 e. The third-order valence-electron chi connectivity index (χ3n) is 14.8. The van der Waals surface area contributed by atoms with Gasteiger partial charge in [0.25, 0.3) is 0 Å². The van der Waals surface area contributed by atoms with Crippen LogP contribution in [0.3, 0.4) is 0 Å². The van der Waals surface area contributed by atoms with E-state index in [2.05, 4.69) is 212 Å². The number of halogens is 2. The summed E-state index contributed by atoms with van der Waals surface area (Å²) in [4.78, 5) is 0. The van der Waals surface area contributed by atoms with Gasteiger partial charge in [-0.25, -0.2) is 0 Å². The third kappa shape index (κ3) is 4.49. The molecule has 64 heavy (non-hydrogen) atoms. The molecule has 0 saturated heterocycles. The lowest BCUT2D eigenvalue weighted by molar-refractivity contribution is 0.794. The molecular weight excluding hydrogens is 816 g/mol. The summed E-state index contributed by atoms with van der Waals surface area (Å²) in [6.07, 6.45) is 0. The van der Waals surface area contributed by atoms with E-state index in [9.17, 15) is 0 Å². The molecule has 2 spiro atoms. The third-order valence-corrected chi connectivity index (χ3v) is 15.3. The van der Waals surface area contributed by atoms with Crippen molar-refractivity contribution < 1.29 is 0 Å². The molecule has 0 amide bonds. The Kier molecular flexibility index (Phi) is 7.46. The van der Waals surface area contributed by atoms with Gasteiger partial charge in [0.05, 0.1) is 10.8 Å². The molecule has 4 aliphatic carbocycles. The topological polar surface area (TPSA) is 0 Å². The molecule has 0 bridgehead atoms. The van der Waals surface area contributed by atoms with Gasteiger partial charge in [-0.1, -0.05) is 211 Å². The summed E-state index contributed by atoms with van der Waals surface area (Å²) in [5, 5.41) is 1.46. The molecule has 10 aromatic rings. The Bertz CT molecular complexity index is 3590. The highest BCUT2D eigenvalue weighted by Crippen LogP contribution is 2.68. The smallest absolute Gasteiger partial charge is 0.0732 e. The van der Waals surface area contributed by atoms with Gasteiger partial charge in [-0.15, -0.1) is 0 Å². The molecule has 14 rings (SSSR count). The zero-order valence-corrected chi connectivity index (χ0v) is 36.1. The molecule has 4 aliphatic rings. The zero-order valence-electron chi connectivity index (χ0n) is 34.5. The Morgan fingerprint density at radius 3 is 1.48 bits per heavy atom. The highest BCUT2D eigenvalue weighted by Gasteiger charge is 2.55. The van der Waals surface area contributed by atoms with Crippen LogP contribution in [-0.2, 0) is 10.8 Å². The highest BCUT2D eigenvalue weighted by molar-refractivity contribution is 6.32. The Morgan fingerprint density at radius 2 is 0.750 bits per heavy atom. The Labute approximate surface area is 382 Å². The predicted molar refractivity (Wildman–Crippen MR) is 265 cm³/mol. The first-order valence-corrected chi connectivity index (χ1v) is 22.8. The number of hydrogen-bond donors (Lipinski definition) is 0. The molecule has 0 saturated carbocycles. The molecule has 0 radical (unpaired) electrons. The van der Waals surface area contributed by atoms with Crippen molar-refractivity contribution in [2.45, 2.75) is 10.8 Å². The van der Waals surface area contributed by atoms with Crippen molar-refractivity contribution in [3.8, 4) is 77.9 Å². The summed E-state index contributed by atoms with van der Waals surface area (Å²) in [5.41, 5.74) is 26.1. The quantitative estimate of drug-likeness (QED) is 0.166. The number of fused-ring (bicyclic) bond motifs is 20. The second kappa shape index (κ2) is 13.2. The molecule has 1 atom stereocenters. The van der Waals surface area contributed by atoms with E-state index in [4.69, 9.17) is 23.2 Å². The van der Waals surface area contributed by atoms with E-state index >= 15 is 0 Å². The fourth-order valence-electron chi connectivity index (χ4n) is 12.6. The first-order valence-electron chi connectivity index (χ1n) is 22.1. The minimum absolute atomic E-state index is 0.586. The fraction of sp³-hybridized carbons (Fsp3) is 0.0323. The van der Waals surface area contributed by atoms with Gasteiger partial charge in [-0.05, 0) is 153 Å². The molecule has 10 aromatic carbocycles. The van der Waals surface area contributed by atoms with E-state index in [-0.39, 0.29) is 0 Å². The number of benzene rings is 10. The first-order chi connectivity index (χ1) is 31.6. The van der Waals surface area contributed by atoms with Crippen LogP contribution >= 0.6 is 23.2 Å². The lowest BCUT2D eigenvalue weighted by Crippen LogP contribution is -2.26. The summed E-state index contributed by atoms with van der Waals surface area (Å²) in [6.45, 7) is 0. The normalized spacial score (nSPS) is 15.8. The molecule has 0 heterocycles. The summed E-state index contributed by atoms with van der Waals surface area (Å²) in [5.74, 6) is 0. The Balaban J connectivity index is 1.10. The maximum absolute atomic E-state index is 7.57. The van der Waals surface area contributed by atoms with Crippen molar-refractivity contribution in [2.75, 3.05) is 0 Å². The Hall–Kier alpha value is -7.22. The van der Waals surface area contributed by atoms with Crippen LogP contribution in [0.2, 0.25) is 10.0 Å². The molecule has 0 aliphatic heterocycles. The van der Waals surface area contributed by atoms with Crippen molar-refractivity contribution in [2.24, 2.45) is 0 Å². The first kappa shape index (κ1) is 36.3. The average Bonchev–Trinajstić information content (AvgIpc) is 4.02. The highest BCUT2D eigenvalue weighted by atomic mass is 35.5. The Morgan fingerprint density at radius 1 is 0.234 bits per heavy atom. The van der Waals surface area contributed by atoms with Crippen molar-refractivity contribution in [1.82, 2.24) is 0 Å². The monoisotopic (exact) mass is 850 g/mol. The van der Waals surface area contributed by atoms with E-state index in [1.807, 2.05) is 6.07 Å². The molecule has 0 fully saturated rings. The maximum atomic E-state index is 7.57. The van der Waals surface area contributed by atoms with E-state index in [0.29, 0.717) is 0 Å². The van der Waals surface area contributed by atoms with E-state index in [1.54, 1.807) is 0 Å². The molecule has 2 heteroatoms. The van der Waals surface area contributed by atoms with Crippen molar-refractivity contribution in [3.05, 3.63) is 273 Å². The van der Waals surface area contributed by atoms with Crippen LogP contribution < -0.4 is 0 Å². The van der Waals surface area contributed by atoms with Crippen LogP contribution in [0.15, 0.2) is 218 Å². The van der Waals surface area contributed by atoms with Gasteiger partial charge in [-0.2, -0.15) is 0 Å². The van der Waals surface area contributed by atoms with Crippen LogP contribution in [0.25, 0.3) is 77.9 Å². The molecule has 0 aromatic heterocycles. The van der Waals surface area contributed by atoms with E-state index in [0.717, 1.165) is 15.6 Å². The minimum atomic E-state index is -0.600. The SMILES string of the molecule is Clc1ccc2c(c1)C1(c3ccc(-c4ccccc4)cc3-2)c2ccccc2-c2c(-c3cc(Cl)cc4c3-c3cccc(-c5ccccc5)c3C43c4ccccc4-c4ccccc43)cccc21. The molecular formula is C62H36Cl2. The van der Waals surface area contributed by atoms with E-state index in [1.165, 1.54) is 117 Å². The fourth-order valence-corrected chi connectivity index (χ4v) is 13.0. The van der Waals surface area contributed by atoms with Crippen LogP contribution in [0.1, 0.15) is 44.5 Å². The number of hydrogen-bond acceptors (Lipinski definition) is 0. The minimum Gasteiger partial charge on any atom is -0.0843 e. The van der Waals surface area contributed by atoms with Gasteiger partial charge in [-0.3, -0.25) is 0 Å². The van der Waals surface area contributed by atoms with Gasteiger partial charge in [0, 0.05) is 10.0 Å². The summed E-state index contributed by atoms with van der Waals surface area (Å²) < 4.78 is 0. The van der Waals surface area contributed by atoms with Crippen LogP contribution in [-0.4, -0.2) is 0 Å². The van der Waals surface area contributed by atoms with Crippen LogP contribution in [0, 0.1) is 0 Å².